The molecule has 100 valence electrons. The third kappa shape index (κ3) is 3.20. The molecule has 1 aromatic heterocycles. The largest absolute Gasteiger partial charge is 0.311 e. The Balaban J connectivity index is 2.41. The second kappa shape index (κ2) is 5.97. The van der Waals surface area contributed by atoms with Crippen LogP contribution in [0.5, 0.6) is 0 Å². The Morgan fingerprint density at radius 3 is 2.47 bits per heavy atom. The predicted octanol–water partition coefficient (Wildman–Crippen LogP) is 3.82. The average molecular weight is 280 g/mol. The molecular weight excluding hydrogens is 265 g/mol. The molecule has 0 amide bonds. The number of alkyl halides is 1. The summed E-state index contributed by atoms with van der Waals surface area (Å²) in [5.41, 5.74) is 2.50. The van der Waals surface area contributed by atoms with Gasteiger partial charge >= 0.3 is 0 Å². The van der Waals surface area contributed by atoms with Crippen molar-refractivity contribution in [2.45, 2.75) is 19.7 Å². The molecule has 3 nitrogen and oxygen atoms in total. The van der Waals surface area contributed by atoms with Gasteiger partial charge in [-0.05, 0) is 44.2 Å². The first-order valence-corrected chi connectivity index (χ1v) is 6.61. The van der Waals surface area contributed by atoms with E-state index >= 15 is 0 Å². The molecule has 0 atom stereocenters. The number of aromatic nitrogens is 2. The average Bonchev–Trinajstić information content (AvgIpc) is 2.41. The Kier molecular flexibility index (Phi) is 4.32. The van der Waals surface area contributed by atoms with Crippen LogP contribution in [-0.2, 0) is 5.88 Å². The standard InChI is InChI=1S/C14H15ClFN3/c1-3-19(13-6-4-11(16)5-7-13)14-17-10(2)8-12(9-15)18-14/h4-8H,3,9H2,1-2H3. The van der Waals surface area contributed by atoms with Gasteiger partial charge in [-0.25, -0.2) is 14.4 Å². The van der Waals surface area contributed by atoms with Crippen molar-refractivity contribution in [2.24, 2.45) is 0 Å². The van der Waals surface area contributed by atoms with Crippen LogP contribution in [0.25, 0.3) is 0 Å². The Morgan fingerprint density at radius 2 is 1.89 bits per heavy atom. The molecule has 0 unspecified atom stereocenters. The molecule has 0 saturated heterocycles. The Morgan fingerprint density at radius 1 is 1.21 bits per heavy atom. The number of benzene rings is 1. The highest BCUT2D eigenvalue weighted by Crippen LogP contribution is 2.22. The van der Waals surface area contributed by atoms with Crippen LogP contribution >= 0.6 is 11.6 Å². The molecule has 0 bridgehead atoms. The van der Waals surface area contributed by atoms with Gasteiger partial charge < -0.3 is 4.90 Å². The van der Waals surface area contributed by atoms with Gasteiger partial charge in [0.2, 0.25) is 5.95 Å². The maximum Gasteiger partial charge on any atom is 0.230 e. The summed E-state index contributed by atoms with van der Waals surface area (Å²) in [7, 11) is 0. The van der Waals surface area contributed by atoms with E-state index in [1.54, 1.807) is 12.1 Å². The fraction of sp³-hybridized carbons (Fsp3) is 0.286. The quantitative estimate of drug-likeness (QED) is 0.797. The van der Waals surface area contributed by atoms with Gasteiger partial charge in [0.05, 0.1) is 11.6 Å². The molecule has 0 spiro atoms. The van der Waals surface area contributed by atoms with Gasteiger partial charge in [-0.15, -0.1) is 11.6 Å². The van der Waals surface area contributed by atoms with E-state index in [9.17, 15) is 4.39 Å². The third-order valence-electron chi connectivity index (χ3n) is 2.73. The lowest BCUT2D eigenvalue weighted by atomic mass is 10.3. The lowest BCUT2D eigenvalue weighted by Gasteiger charge is -2.21. The van der Waals surface area contributed by atoms with Crippen LogP contribution in [0.2, 0.25) is 0 Å². The van der Waals surface area contributed by atoms with E-state index in [2.05, 4.69) is 9.97 Å². The van der Waals surface area contributed by atoms with Gasteiger partial charge in [-0.3, -0.25) is 0 Å². The molecular formula is C14H15ClFN3. The normalized spacial score (nSPS) is 10.5. The third-order valence-corrected chi connectivity index (χ3v) is 3.00. The summed E-state index contributed by atoms with van der Waals surface area (Å²) < 4.78 is 13.0. The summed E-state index contributed by atoms with van der Waals surface area (Å²) in [5.74, 6) is 0.674. The van der Waals surface area contributed by atoms with Crippen LogP contribution in [0, 0.1) is 12.7 Å². The minimum atomic E-state index is -0.258. The van der Waals surface area contributed by atoms with Crippen LogP contribution in [0.15, 0.2) is 30.3 Å². The fourth-order valence-electron chi connectivity index (χ4n) is 1.87. The van der Waals surface area contributed by atoms with Gasteiger partial charge in [-0.1, -0.05) is 0 Å². The lowest BCUT2D eigenvalue weighted by Crippen LogP contribution is -2.19. The summed E-state index contributed by atoms with van der Waals surface area (Å²) >= 11 is 5.83. The number of hydrogen-bond acceptors (Lipinski definition) is 3. The summed E-state index contributed by atoms with van der Waals surface area (Å²) in [5, 5.41) is 0. The second-order valence-corrected chi connectivity index (χ2v) is 4.42. The van der Waals surface area contributed by atoms with Crippen LogP contribution in [0.1, 0.15) is 18.3 Å². The van der Waals surface area contributed by atoms with Crippen LogP contribution < -0.4 is 4.90 Å². The Hall–Kier alpha value is -1.68. The highest BCUT2D eigenvalue weighted by molar-refractivity contribution is 6.16. The maximum absolute atomic E-state index is 13.0. The van der Waals surface area contributed by atoms with Crippen molar-refractivity contribution in [1.29, 1.82) is 0 Å². The molecule has 5 heteroatoms. The summed E-state index contributed by atoms with van der Waals surface area (Å²) in [4.78, 5) is 10.7. The SMILES string of the molecule is CCN(c1ccc(F)cc1)c1nc(C)cc(CCl)n1. The predicted molar refractivity (Wildman–Crippen MR) is 75.4 cm³/mol. The molecule has 0 radical (unpaired) electrons. The minimum Gasteiger partial charge on any atom is -0.311 e. The van der Waals surface area contributed by atoms with Gasteiger partial charge in [0.25, 0.3) is 0 Å². The number of hydrogen-bond donors (Lipinski definition) is 0. The van der Waals surface area contributed by atoms with E-state index in [0.29, 0.717) is 18.4 Å². The van der Waals surface area contributed by atoms with E-state index < -0.39 is 0 Å². The maximum atomic E-state index is 13.0. The number of anilines is 2. The zero-order valence-electron chi connectivity index (χ0n) is 10.9. The van der Waals surface area contributed by atoms with Gasteiger partial charge in [0.1, 0.15) is 5.82 Å². The monoisotopic (exact) mass is 279 g/mol. The molecule has 19 heavy (non-hydrogen) atoms. The lowest BCUT2D eigenvalue weighted by molar-refractivity contribution is 0.627. The zero-order chi connectivity index (χ0) is 13.8. The highest BCUT2D eigenvalue weighted by atomic mass is 35.5. The first-order chi connectivity index (χ1) is 9.13. The molecule has 0 aliphatic heterocycles. The topological polar surface area (TPSA) is 29.0 Å². The van der Waals surface area contributed by atoms with Crippen molar-refractivity contribution in [3.05, 3.63) is 47.5 Å². The first-order valence-electron chi connectivity index (χ1n) is 6.07. The number of aryl methyl sites for hydroxylation is 1. The van der Waals surface area contributed by atoms with Crippen LogP contribution in [0.4, 0.5) is 16.0 Å². The van der Waals surface area contributed by atoms with E-state index in [-0.39, 0.29) is 5.82 Å². The van der Waals surface area contributed by atoms with Crippen molar-refractivity contribution in [3.8, 4) is 0 Å². The minimum absolute atomic E-state index is 0.258. The van der Waals surface area contributed by atoms with Gasteiger partial charge in [0.15, 0.2) is 0 Å². The molecule has 0 N–H and O–H groups in total. The molecule has 2 aromatic rings. The number of nitrogens with zero attached hydrogens (tertiary/aromatic N) is 3. The van der Waals surface area contributed by atoms with Gasteiger partial charge in [-0.2, -0.15) is 0 Å². The van der Waals surface area contributed by atoms with Crippen molar-refractivity contribution in [3.63, 3.8) is 0 Å². The Labute approximate surface area is 117 Å². The molecule has 1 aromatic carbocycles. The molecule has 0 saturated carbocycles. The molecule has 0 aliphatic rings. The zero-order valence-corrected chi connectivity index (χ0v) is 11.7. The van der Waals surface area contributed by atoms with Crippen molar-refractivity contribution < 1.29 is 4.39 Å². The molecule has 2 rings (SSSR count). The first kappa shape index (κ1) is 13.7. The molecule has 0 aliphatic carbocycles. The molecule has 1 heterocycles. The van der Waals surface area contributed by atoms with E-state index in [4.69, 9.17) is 11.6 Å². The molecule has 0 fully saturated rings. The summed E-state index contributed by atoms with van der Waals surface area (Å²) in [6.07, 6.45) is 0. The number of halogens is 2. The van der Waals surface area contributed by atoms with Crippen LogP contribution in [0.3, 0.4) is 0 Å². The highest BCUT2D eigenvalue weighted by Gasteiger charge is 2.12. The van der Waals surface area contributed by atoms with Crippen molar-refractivity contribution in [2.75, 3.05) is 11.4 Å². The number of rotatable bonds is 4. The summed E-state index contributed by atoms with van der Waals surface area (Å²) in [6.45, 7) is 4.59. The Bertz CT molecular complexity index is 557. The fourth-order valence-corrected chi connectivity index (χ4v) is 2.00. The van der Waals surface area contributed by atoms with E-state index in [1.807, 2.05) is 24.8 Å². The summed E-state index contributed by atoms with van der Waals surface area (Å²) in [6, 6.07) is 8.14. The van der Waals surface area contributed by atoms with E-state index in [1.165, 1.54) is 12.1 Å². The van der Waals surface area contributed by atoms with Crippen molar-refractivity contribution >= 4 is 23.2 Å². The second-order valence-electron chi connectivity index (χ2n) is 4.15. The van der Waals surface area contributed by atoms with Crippen LogP contribution in [-0.4, -0.2) is 16.5 Å². The van der Waals surface area contributed by atoms with E-state index in [0.717, 1.165) is 17.1 Å². The van der Waals surface area contributed by atoms with Crippen molar-refractivity contribution in [1.82, 2.24) is 9.97 Å². The van der Waals surface area contributed by atoms with Gasteiger partial charge in [0, 0.05) is 17.9 Å². The smallest absolute Gasteiger partial charge is 0.230 e.